The molecule has 28 heavy (non-hydrogen) atoms. The summed E-state index contributed by atoms with van der Waals surface area (Å²) in [7, 11) is 3.52. The predicted molar refractivity (Wildman–Crippen MR) is 117 cm³/mol. The number of hydrogen-bond donors (Lipinski definition) is 1. The maximum atomic E-state index is 12.4. The van der Waals surface area contributed by atoms with E-state index in [2.05, 4.69) is 14.9 Å². The molecule has 2 N–H and O–H groups in total. The van der Waals surface area contributed by atoms with E-state index >= 15 is 0 Å². The van der Waals surface area contributed by atoms with Crippen LogP contribution >= 0.6 is 21.6 Å². The summed E-state index contributed by atoms with van der Waals surface area (Å²) in [6.45, 7) is 2.73. The Morgan fingerprint density at radius 2 is 1.39 bits per heavy atom. The van der Waals surface area contributed by atoms with Crippen LogP contribution in [0.15, 0.2) is 49.1 Å². The molecule has 2 rings (SSSR count). The minimum absolute atomic E-state index is 0.0712. The Hall–Kier alpha value is -1.74. The van der Waals surface area contributed by atoms with E-state index < -0.39 is 0 Å². The van der Waals surface area contributed by atoms with Gasteiger partial charge in [-0.1, -0.05) is 21.6 Å². The first kappa shape index (κ1) is 22.5. The van der Waals surface area contributed by atoms with Crippen molar-refractivity contribution in [3.05, 3.63) is 60.2 Å². The van der Waals surface area contributed by atoms with Crippen LogP contribution in [0.4, 0.5) is 0 Å². The highest BCUT2D eigenvalue weighted by atomic mass is 33.1. The Morgan fingerprint density at radius 3 is 1.86 bits per heavy atom. The van der Waals surface area contributed by atoms with Gasteiger partial charge in [-0.15, -0.1) is 0 Å². The van der Waals surface area contributed by atoms with Crippen molar-refractivity contribution < 1.29 is 9.59 Å². The smallest absolute Gasteiger partial charge is 0.165 e. The number of nitrogens with zero attached hydrogens (tertiary/aromatic N) is 3. The third kappa shape index (κ3) is 8.52. The molecule has 2 aromatic rings. The first-order chi connectivity index (χ1) is 13.7. The monoisotopic (exact) mass is 418 g/mol. The van der Waals surface area contributed by atoms with Crippen LogP contribution in [0.5, 0.6) is 0 Å². The fourth-order valence-corrected chi connectivity index (χ4v) is 4.42. The minimum atomic E-state index is 0.0712. The first-order valence-electron chi connectivity index (χ1n) is 9.24. The number of nitrogens with two attached hydrogens (primary N) is 1. The van der Waals surface area contributed by atoms with E-state index in [-0.39, 0.29) is 11.6 Å². The van der Waals surface area contributed by atoms with Gasteiger partial charge in [0, 0.05) is 86.4 Å². The van der Waals surface area contributed by atoms with Gasteiger partial charge in [0.15, 0.2) is 11.6 Å². The van der Waals surface area contributed by atoms with Gasteiger partial charge >= 0.3 is 0 Å². The summed E-state index contributed by atoms with van der Waals surface area (Å²) in [5, 5.41) is 0. The Morgan fingerprint density at radius 1 is 0.857 bits per heavy atom. The summed E-state index contributed by atoms with van der Waals surface area (Å²) < 4.78 is 0. The van der Waals surface area contributed by atoms with Crippen molar-refractivity contribution in [3.8, 4) is 0 Å². The van der Waals surface area contributed by atoms with Gasteiger partial charge in [-0.25, -0.2) is 0 Å². The molecule has 0 aliphatic heterocycles. The fourth-order valence-electron chi connectivity index (χ4n) is 2.53. The van der Waals surface area contributed by atoms with E-state index in [1.165, 1.54) is 0 Å². The summed E-state index contributed by atoms with van der Waals surface area (Å²) in [4.78, 5) is 34.9. The Bertz CT molecular complexity index is 661. The number of rotatable bonds is 14. The Balaban J connectivity index is 1.84. The van der Waals surface area contributed by atoms with Crippen LogP contribution < -0.4 is 5.73 Å². The standard InChI is InChI=1S/C20H26N4O2S2/c21-7-13-27-28-14-12-24(10-5-19(25)17-3-1-8-22-15-17)11-6-20(26)18-4-2-9-23-16-18/h1-4,8-9,15-16H,5-7,10-14,21H2. The van der Waals surface area contributed by atoms with Crippen molar-refractivity contribution in [3.63, 3.8) is 0 Å². The lowest BCUT2D eigenvalue weighted by atomic mass is 10.1. The topological polar surface area (TPSA) is 89.2 Å². The second-order valence-electron chi connectivity index (χ2n) is 6.10. The molecule has 0 aliphatic carbocycles. The maximum absolute atomic E-state index is 12.4. The summed E-state index contributed by atoms with van der Waals surface area (Å²) in [6.07, 6.45) is 7.32. The SMILES string of the molecule is NCCSSCCN(CCC(=O)c1cccnc1)CCC(=O)c1cccnc1. The zero-order chi connectivity index (χ0) is 20.0. The highest BCUT2D eigenvalue weighted by Crippen LogP contribution is 2.20. The van der Waals surface area contributed by atoms with Crippen molar-refractivity contribution in [2.75, 3.05) is 37.7 Å². The van der Waals surface area contributed by atoms with Crippen molar-refractivity contribution in [1.82, 2.24) is 14.9 Å². The molecule has 0 aliphatic rings. The van der Waals surface area contributed by atoms with Crippen LogP contribution in [0.3, 0.4) is 0 Å². The van der Waals surface area contributed by atoms with Gasteiger partial charge in [0.25, 0.3) is 0 Å². The second kappa shape index (κ2) is 13.4. The maximum Gasteiger partial charge on any atom is 0.165 e. The Labute approximate surface area is 174 Å². The molecule has 6 nitrogen and oxygen atoms in total. The van der Waals surface area contributed by atoms with Gasteiger partial charge in [0.1, 0.15) is 0 Å². The Kier molecular flexibility index (Phi) is 10.8. The van der Waals surface area contributed by atoms with Crippen LogP contribution in [-0.4, -0.2) is 64.1 Å². The van der Waals surface area contributed by atoms with Crippen molar-refractivity contribution >= 4 is 33.2 Å². The highest BCUT2D eigenvalue weighted by Gasteiger charge is 2.13. The van der Waals surface area contributed by atoms with Crippen LogP contribution in [0.25, 0.3) is 0 Å². The number of pyridine rings is 2. The zero-order valence-corrected chi connectivity index (χ0v) is 17.5. The normalized spacial score (nSPS) is 10.9. The summed E-state index contributed by atoms with van der Waals surface area (Å²) in [5.74, 6) is 1.99. The van der Waals surface area contributed by atoms with E-state index in [1.807, 2.05) is 0 Å². The summed E-state index contributed by atoms with van der Waals surface area (Å²) in [5.41, 5.74) is 6.77. The molecule has 0 unspecified atom stereocenters. The molecule has 2 heterocycles. The van der Waals surface area contributed by atoms with Gasteiger partial charge in [-0.3, -0.25) is 19.6 Å². The van der Waals surface area contributed by atoms with Crippen molar-refractivity contribution in [2.24, 2.45) is 5.73 Å². The average Bonchev–Trinajstić information content (AvgIpc) is 2.75. The first-order valence-corrected chi connectivity index (χ1v) is 11.7. The average molecular weight is 419 g/mol. The predicted octanol–water partition coefficient (Wildman–Crippen LogP) is 2.96. The molecule has 0 amide bonds. The van der Waals surface area contributed by atoms with Gasteiger partial charge in [0.2, 0.25) is 0 Å². The molecule has 0 saturated carbocycles. The van der Waals surface area contributed by atoms with Crippen molar-refractivity contribution in [1.29, 1.82) is 0 Å². The number of carbonyl (C=O) groups excluding carboxylic acids is 2. The molecular formula is C20H26N4O2S2. The molecule has 0 bridgehead atoms. The second-order valence-corrected chi connectivity index (χ2v) is 8.81. The van der Waals surface area contributed by atoms with E-state index in [4.69, 9.17) is 5.73 Å². The van der Waals surface area contributed by atoms with Gasteiger partial charge in [-0.2, -0.15) is 0 Å². The molecule has 0 atom stereocenters. The van der Waals surface area contributed by atoms with Crippen LogP contribution in [0.1, 0.15) is 33.6 Å². The molecule has 0 aromatic carbocycles. The molecule has 150 valence electrons. The van der Waals surface area contributed by atoms with Crippen LogP contribution in [0.2, 0.25) is 0 Å². The van der Waals surface area contributed by atoms with Crippen LogP contribution in [-0.2, 0) is 0 Å². The quantitative estimate of drug-likeness (QED) is 0.285. The zero-order valence-electron chi connectivity index (χ0n) is 15.8. The van der Waals surface area contributed by atoms with E-state index in [0.717, 1.165) is 18.1 Å². The number of carbonyl (C=O) groups is 2. The van der Waals surface area contributed by atoms with Crippen LogP contribution in [0, 0.1) is 0 Å². The molecule has 0 spiro atoms. The van der Waals surface area contributed by atoms with Gasteiger partial charge in [0.05, 0.1) is 0 Å². The lowest BCUT2D eigenvalue weighted by molar-refractivity contribution is 0.0949. The van der Waals surface area contributed by atoms with E-state index in [1.54, 1.807) is 70.6 Å². The molecule has 0 saturated heterocycles. The summed E-state index contributed by atoms with van der Waals surface area (Å²) >= 11 is 0. The largest absolute Gasteiger partial charge is 0.330 e. The molecule has 0 fully saturated rings. The molecule has 2 aromatic heterocycles. The molecule has 8 heteroatoms. The third-order valence-corrected chi connectivity index (χ3v) is 6.47. The van der Waals surface area contributed by atoms with Crippen molar-refractivity contribution in [2.45, 2.75) is 12.8 Å². The van der Waals surface area contributed by atoms with Gasteiger partial charge in [-0.05, 0) is 24.3 Å². The minimum Gasteiger partial charge on any atom is -0.330 e. The lowest BCUT2D eigenvalue weighted by Crippen LogP contribution is -2.31. The number of hydrogen-bond acceptors (Lipinski definition) is 8. The number of ketones is 2. The number of aromatic nitrogens is 2. The highest BCUT2D eigenvalue weighted by molar-refractivity contribution is 8.76. The molecule has 0 radical (unpaired) electrons. The fraction of sp³-hybridized carbons (Fsp3) is 0.400. The number of Topliss-reactive ketones (excluding diaryl/α,β-unsaturated/α-hetero) is 2. The van der Waals surface area contributed by atoms with E-state index in [0.29, 0.717) is 43.6 Å². The summed E-state index contributed by atoms with van der Waals surface area (Å²) in [6, 6.07) is 7.10. The van der Waals surface area contributed by atoms with Gasteiger partial charge < -0.3 is 10.6 Å². The van der Waals surface area contributed by atoms with E-state index in [9.17, 15) is 9.59 Å². The third-order valence-electron chi connectivity index (χ3n) is 4.05. The lowest BCUT2D eigenvalue weighted by Gasteiger charge is -2.21. The molecular weight excluding hydrogens is 392 g/mol.